The number of hydrogen-bond acceptors (Lipinski definition) is 2. The molecule has 0 saturated heterocycles. The first-order valence-electron chi connectivity index (χ1n) is 8.11. The summed E-state index contributed by atoms with van der Waals surface area (Å²) in [4.78, 5) is 4.37. The topological polar surface area (TPSA) is 59.6 Å². The minimum absolute atomic E-state index is 0. The van der Waals surface area contributed by atoms with Gasteiger partial charge in [0, 0.05) is 5.69 Å². The standard InChI is InChI=1S/C19H23N3O.HI/c1-14(23-18-8-3-2-4-9-18)13-21-19(20)22-17-11-10-15-6-5-7-16(15)12-17;/h2-4,8-12,14H,5-7,13H2,1H3,(H3,20,21,22);1H. The van der Waals surface area contributed by atoms with Crippen molar-refractivity contribution in [3.8, 4) is 5.75 Å². The summed E-state index contributed by atoms with van der Waals surface area (Å²) in [6.07, 6.45) is 3.56. The highest BCUT2D eigenvalue weighted by Crippen LogP contribution is 2.24. The van der Waals surface area contributed by atoms with Crippen molar-refractivity contribution in [3.05, 3.63) is 59.7 Å². The predicted molar refractivity (Wildman–Crippen MR) is 111 cm³/mol. The summed E-state index contributed by atoms with van der Waals surface area (Å²) in [5.74, 6) is 1.27. The van der Waals surface area contributed by atoms with E-state index in [0.717, 1.165) is 17.9 Å². The molecule has 1 atom stereocenters. The SMILES string of the molecule is CC(CN=C(N)Nc1ccc2c(c1)CCC2)Oc1ccccc1.I. The summed E-state index contributed by atoms with van der Waals surface area (Å²) in [6, 6.07) is 16.2. The third kappa shape index (κ3) is 5.12. The smallest absolute Gasteiger partial charge is 0.193 e. The van der Waals surface area contributed by atoms with E-state index >= 15 is 0 Å². The van der Waals surface area contributed by atoms with E-state index < -0.39 is 0 Å². The van der Waals surface area contributed by atoms with Crippen molar-refractivity contribution in [1.29, 1.82) is 0 Å². The van der Waals surface area contributed by atoms with E-state index in [2.05, 4.69) is 28.5 Å². The number of rotatable bonds is 5. The lowest BCUT2D eigenvalue weighted by Crippen LogP contribution is -2.25. The van der Waals surface area contributed by atoms with Crippen LogP contribution in [0.3, 0.4) is 0 Å². The Morgan fingerprint density at radius 1 is 1.17 bits per heavy atom. The van der Waals surface area contributed by atoms with Gasteiger partial charge in [0.25, 0.3) is 0 Å². The van der Waals surface area contributed by atoms with Crippen LogP contribution in [0.4, 0.5) is 5.69 Å². The number of nitrogens with zero attached hydrogens (tertiary/aromatic N) is 1. The van der Waals surface area contributed by atoms with E-state index in [-0.39, 0.29) is 30.1 Å². The molecule has 1 unspecified atom stereocenters. The number of para-hydroxylation sites is 1. The predicted octanol–water partition coefficient (Wildman–Crippen LogP) is 3.99. The van der Waals surface area contributed by atoms with Gasteiger partial charge in [0.1, 0.15) is 11.9 Å². The molecular formula is C19H24IN3O. The van der Waals surface area contributed by atoms with E-state index in [0.29, 0.717) is 12.5 Å². The lowest BCUT2D eigenvalue weighted by Gasteiger charge is -2.13. The Kier molecular flexibility index (Phi) is 6.90. The van der Waals surface area contributed by atoms with Crippen LogP contribution in [0.2, 0.25) is 0 Å². The molecule has 0 aromatic heterocycles. The summed E-state index contributed by atoms with van der Waals surface area (Å²) in [5, 5.41) is 3.16. The molecule has 0 saturated carbocycles. The Labute approximate surface area is 160 Å². The summed E-state index contributed by atoms with van der Waals surface area (Å²) in [5.41, 5.74) is 9.85. The van der Waals surface area contributed by atoms with Crippen molar-refractivity contribution in [2.45, 2.75) is 32.3 Å². The number of nitrogens with two attached hydrogens (primary N) is 1. The van der Waals surface area contributed by atoms with Crippen LogP contribution < -0.4 is 15.8 Å². The molecule has 24 heavy (non-hydrogen) atoms. The summed E-state index contributed by atoms with van der Waals surface area (Å²) in [6.45, 7) is 2.50. The number of aliphatic imine (C=N–C) groups is 1. The maximum atomic E-state index is 5.98. The first-order valence-corrected chi connectivity index (χ1v) is 8.11. The normalized spacial score (nSPS) is 14.5. The Bertz CT molecular complexity index is 688. The Morgan fingerprint density at radius 2 is 1.92 bits per heavy atom. The van der Waals surface area contributed by atoms with Gasteiger partial charge in [-0.2, -0.15) is 0 Å². The van der Waals surface area contributed by atoms with Crippen LogP contribution in [-0.4, -0.2) is 18.6 Å². The van der Waals surface area contributed by atoms with Gasteiger partial charge in [0.15, 0.2) is 5.96 Å². The highest BCUT2D eigenvalue weighted by molar-refractivity contribution is 14.0. The van der Waals surface area contributed by atoms with Crippen molar-refractivity contribution in [1.82, 2.24) is 0 Å². The van der Waals surface area contributed by atoms with E-state index in [1.807, 2.05) is 37.3 Å². The van der Waals surface area contributed by atoms with Crippen LogP contribution in [0.1, 0.15) is 24.5 Å². The van der Waals surface area contributed by atoms with Gasteiger partial charge in [0.2, 0.25) is 0 Å². The Hall–Kier alpha value is -1.76. The zero-order valence-electron chi connectivity index (χ0n) is 13.9. The minimum Gasteiger partial charge on any atom is -0.489 e. The maximum absolute atomic E-state index is 5.98. The molecule has 0 aliphatic heterocycles. The second kappa shape index (κ2) is 8.92. The van der Waals surface area contributed by atoms with Gasteiger partial charge in [-0.3, -0.25) is 0 Å². The molecule has 128 valence electrons. The Morgan fingerprint density at radius 3 is 2.71 bits per heavy atom. The van der Waals surface area contributed by atoms with E-state index in [4.69, 9.17) is 10.5 Å². The van der Waals surface area contributed by atoms with E-state index in [1.165, 1.54) is 24.0 Å². The molecule has 1 aliphatic carbocycles. The largest absolute Gasteiger partial charge is 0.489 e. The lowest BCUT2D eigenvalue weighted by atomic mass is 10.1. The zero-order valence-corrected chi connectivity index (χ0v) is 16.2. The van der Waals surface area contributed by atoms with Crippen molar-refractivity contribution in [2.75, 3.05) is 11.9 Å². The van der Waals surface area contributed by atoms with E-state index in [9.17, 15) is 0 Å². The number of ether oxygens (including phenoxy) is 1. The van der Waals surface area contributed by atoms with Crippen LogP contribution in [0.25, 0.3) is 0 Å². The van der Waals surface area contributed by atoms with Gasteiger partial charge in [-0.1, -0.05) is 24.3 Å². The fraction of sp³-hybridized carbons (Fsp3) is 0.316. The minimum atomic E-state index is -0.0298. The molecule has 2 aromatic carbocycles. The monoisotopic (exact) mass is 437 g/mol. The van der Waals surface area contributed by atoms with Crippen molar-refractivity contribution < 1.29 is 4.74 Å². The number of guanidine groups is 1. The number of hydrogen-bond donors (Lipinski definition) is 2. The van der Waals surface area contributed by atoms with Crippen LogP contribution >= 0.6 is 24.0 Å². The molecule has 0 fully saturated rings. The van der Waals surface area contributed by atoms with Crippen LogP contribution in [0.15, 0.2) is 53.5 Å². The first-order chi connectivity index (χ1) is 11.2. The molecular weight excluding hydrogens is 413 g/mol. The molecule has 1 aliphatic rings. The highest BCUT2D eigenvalue weighted by Gasteiger charge is 2.11. The number of fused-ring (bicyclic) bond motifs is 1. The molecule has 0 bridgehead atoms. The maximum Gasteiger partial charge on any atom is 0.193 e. The van der Waals surface area contributed by atoms with Crippen LogP contribution in [0, 0.1) is 0 Å². The molecule has 0 radical (unpaired) electrons. The summed E-state index contributed by atoms with van der Waals surface area (Å²) >= 11 is 0. The number of anilines is 1. The van der Waals surface area contributed by atoms with Gasteiger partial charge in [-0.15, -0.1) is 24.0 Å². The average Bonchev–Trinajstić information content (AvgIpc) is 3.01. The molecule has 3 rings (SSSR count). The summed E-state index contributed by atoms with van der Waals surface area (Å²) < 4.78 is 5.79. The fourth-order valence-electron chi connectivity index (χ4n) is 2.83. The fourth-order valence-corrected chi connectivity index (χ4v) is 2.83. The van der Waals surface area contributed by atoms with Crippen LogP contribution in [-0.2, 0) is 12.8 Å². The van der Waals surface area contributed by atoms with Gasteiger partial charge in [0.05, 0.1) is 6.54 Å². The second-order valence-corrected chi connectivity index (χ2v) is 5.93. The quantitative estimate of drug-likeness (QED) is 0.423. The number of nitrogens with one attached hydrogen (secondary N) is 1. The molecule has 4 nitrogen and oxygen atoms in total. The second-order valence-electron chi connectivity index (χ2n) is 5.93. The number of aryl methyl sites for hydroxylation is 2. The molecule has 5 heteroatoms. The lowest BCUT2D eigenvalue weighted by molar-refractivity contribution is 0.230. The average molecular weight is 437 g/mol. The zero-order chi connectivity index (χ0) is 16.1. The number of benzene rings is 2. The number of halogens is 1. The first kappa shape index (κ1) is 18.6. The van der Waals surface area contributed by atoms with Gasteiger partial charge in [-0.05, 0) is 61.6 Å². The highest BCUT2D eigenvalue weighted by atomic mass is 127. The summed E-state index contributed by atoms with van der Waals surface area (Å²) in [7, 11) is 0. The third-order valence-electron chi connectivity index (χ3n) is 3.97. The van der Waals surface area contributed by atoms with E-state index in [1.54, 1.807) is 0 Å². The van der Waals surface area contributed by atoms with Crippen molar-refractivity contribution >= 4 is 35.6 Å². The van der Waals surface area contributed by atoms with Gasteiger partial charge < -0.3 is 15.8 Å². The molecule has 2 aromatic rings. The molecule has 3 N–H and O–H groups in total. The van der Waals surface area contributed by atoms with Gasteiger partial charge in [-0.25, -0.2) is 4.99 Å². The van der Waals surface area contributed by atoms with Crippen LogP contribution in [0.5, 0.6) is 5.75 Å². The molecule has 0 spiro atoms. The Balaban J connectivity index is 0.00000208. The van der Waals surface area contributed by atoms with Crippen molar-refractivity contribution in [3.63, 3.8) is 0 Å². The molecule has 0 heterocycles. The van der Waals surface area contributed by atoms with Crippen molar-refractivity contribution in [2.24, 2.45) is 10.7 Å². The third-order valence-corrected chi connectivity index (χ3v) is 3.97. The van der Waals surface area contributed by atoms with Gasteiger partial charge >= 0.3 is 0 Å². The molecule has 0 amide bonds.